The molecule has 26 heavy (non-hydrogen) atoms. The number of rotatable bonds is 4. The van der Waals surface area contributed by atoms with E-state index in [0.29, 0.717) is 35.5 Å². The molecular weight excluding hydrogens is 354 g/mol. The molecule has 2 atom stereocenters. The van der Waals surface area contributed by atoms with Crippen molar-refractivity contribution in [3.05, 3.63) is 29.3 Å². The molecule has 2 fully saturated rings. The quantitative estimate of drug-likeness (QED) is 0.875. The number of hydrogen-bond acceptors (Lipinski definition) is 5. The minimum Gasteiger partial charge on any atom is -0.396 e. The number of carbonyl (C=O) groups is 1. The third-order valence-corrected chi connectivity index (χ3v) is 5.73. The molecule has 7 nitrogen and oxygen atoms in total. The van der Waals surface area contributed by atoms with Gasteiger partial charge >= 0.3 is 0 Å². The molecule has 2 saturated heterocycles. The van der Waals surface area contributed by atoms with Gasteiger partial charge in [-0.25, -0.2) is 9.97 Å². The fraction of sp³-hybridized carbons (Fsp3) is 0.611. The highest BCUT2D eigenvalue weighted by Gasteiger charge is 2.36. The number of aliphatic hydroxyl groups excluding tert-OH is 1. The van der Waals surface area contributed by atoms with E-state index in [0.717, 1.165) is 19.6 Å². The molecule has 2 aliphatic rings. The van der Waals surface area contributed by atoms with Gasteiger partial charge in [-0.15, -0.1) is 0 Å². The molecule has 2 aromatic heterocycles. The van der Waals surface area contributed by atoms with E-state index in [4.69, 9.17) is 11.6 Å². The van der Waals surface area contributed by atoms with Gasteiger partial charge in [0.05, 0.1) is 11.2 Å². The van der Waals surface area contributed by atoms with E-state index in [1.54, 1.807) is 16.8 Å². The summed E-state index contributed by atoms with van der Waals surface area (Å²) in [5, 5.41) is 10.3. The zero-order chi connectivity index (χ0) is 18.1. The molecule has 0 unspecified atom stereocenters. The molecule has 8 heteroatoms. The second kappa shape index (κ2) is 7.50. The number of halogens is 1. The van der Waals surface area contributed by atoms with Crippen LogP contribution in [0.1, 0.15) is 29.8 Å². The van der Waals surface area contributed by atoms with Crippen LogP contribution in [0.15, 0.2) is 18.6 Å². The third kappa shape index (κ3) is 3.56. The van der Waals surface area contributed by atoms with E-state index in [1.165, 1.54) is 25.5 Å². The van der Waals surface area contributed by atoms with Crippen LogP contribution in [0, 0.1) is 11.8 Å². The van der Waals surface area contributed by atoms with Crippen LogP contribution in [0.4, 0.5) is 0 Å². The van der Waals surface area contributed by atoms with Crippen molar-refractivity contribution in [2.75, 3.05) is 39.3 Å². The highest BCUT2D eigenvalue weighted by Crippen LogP contribution is 2.26. The maximum atomic E-state index is 12.9. The van der Waals surface area contributed by atoms with Crippen molar-refractivity contribution < 1.29 is 9.90 Å². The Morgan fingerprint density at radius 1 is 1.19 bits per heavy atom. The van der Waals surface area contributed by atoms with Crippen LogP contribution < -0.4 is 0 Å². The number of fused-ring (bicyclic) bond motifs is 1. The van der Waals surface area contributed by atoms with Crippen LogP contribution in [0.2, 0.25) is 5.02 Å². The molecule has 2 aliphatic heterocycles. The van der Waals surface area contributed by atoms with E-state index >= 15 is 0 Å². The maximum absolute atomic E-state index is 12.9. The molecule has 2 aromatic rings. The van der Waals surface area contributed by atoms with Gasteiger partial charge in [-0.05, 0) is 31.8 Å². The fourth-order valence-electron chi connectivity index (χ4n) is 4.12. The van der Waals surface area contributed by atoms with Gasteiger partial charge in [-0.2, -0.15) is 0 Å². The Hall–Kier alpha value is -1.70. The summed E-state index contributed by atoms with van der Waals surface area (Å²) in [5.41, 5.74) is 0.370. The lowest BCUT2D eigenvalue weighted by atomic mass is 9.95. The fourth-order valence-corrected chi connectivity index (χ4v) is 4.27. The highest BCUT2D eigenvalue weighted by molar-refractivity contribution is 6.30. The SMILES string of the molecule is O=C(c1cn2cc(Cl)cnc2n1)N1C[C@@H](CN2CCCCC2)[C@@H](CO)C1. The molecule has 0 saturated carbocycles. The lowest BCUT2D eigenvalue weighted by Crippen LogP contribution is -2.37. The van der Waals surface area contributed by atoms with E-state index in [-0.39, 0.29) is 18.4 Å². The standard InChI is InChI=1S/C18H24ClN5O2/c19-15-6-20-18-21-16(11-24(18)10-15)17(26)23-8-13(14(9-23)12-25)7-22-4-2-1-3-5-22/h6,10-11,13-14,25H,1-5,7-9,12H2/t13-,14-/m1/s1. The largest absolute Gasteiger partial charge is 0.396 e. The van der Waals surface area contributed by atoms with E-state index in [2.05, 4.69) is 14.9 Å². The first-order valence-corrected chi connectivity index (χ1v) is 9.64. The summed E-state index contributed by atoms with van der Waals surface area (Å²) >= 11 is 5.95. The lowest BCUT2D eigenvalue weighted by Gasteiger charge is -2.30. The zero-order valence-corrected chi connectivity index (χ0v) is 15.5. The summed E-state index contributed by atoms with van der Waals surface area (Å²) < 4.78 is 1.67. The monoisotopic (exact) mass is 377 g/mol. The number of imidazole rings is 1. The third-order valence-electron chi connectivity index (χ3n) is 5.54. The van der Waals surface area contributed by atoms with Crippen molar-refractivity contribution in [2.45, 2.75) is 19.3 Å². The van der Waals surface area contributed by atoms with Gasteiger partial charge in [-0.3, -0.25) is 9.20 Å². The molecule has 140 valence electrons. The number of aromatic nitrogens is 3. The number of amides is 1. The topological polar surface area (TPSA) is 74.0 Å². The van der Waals surface area contributed by atoms with Gasteiger partial charge in [-0.1, -0.05) is 18.0 Å². The number of hydrogen-bond donors (Lipinski definition) is 1. The molecule has 0 spiro atoms. The lowest BCUT2D eigenvalue weighted by molar-refractivity contribution is 0.0773. The van der Waals surface area contributed by atoms with Gasteiger partial charge in [0, 0.05) is 44.6 Å². The molecule has 0 bridgehead atoms. The first-order chi connectivity index (χ1) is 12.6. The molecule has 4 heterocycles. The van der Waals surface area contributed by atoms with E-state index in [9.17, 15) is 9.90 Å². The maximum Gasteiger partial charge on any atom is 0.274 e. The van der Waals surface area contributed by atoms with E-state index < -0.39 is 0 Å². The van der Waals surface area contributed by atoms with Gasteiger partial charge in [0.2, 0.25) is 5.78 Å². The second-order valence-electron chi connectivity index (χ2n) is 7.38. The van der Waals surface area contributed by atoms with Crippen molar-refractivity contribution >= 4 is 23.3 Å². The molecule has 1 amide bonds. The Bertz CT molecular complexity index is 789. The van der Waals surface area contributed by atoms with Crippen LogP contribution in [-0.2, 0) is 0 Å². The Morgan fingerprint density at radius 2 is 1.96 bits per heavy atom. The Balaban J connectivity index is 1.46. The average Bonchev–Trinajstić information content (AvgIpc) is 3.25. The predicted octanol–water partition coefficient (Wildman–Crippen LogP) is 1.55. The van der Waals surface area contributed by atoms with E-state index in [1.807, 2.05) is 4.90 Å². The van der Waals surface area contributed by atoms with Crippen LogP contribution >= 0.6 is 11.6 Å². The molecule has 0 aromatic carbocycles. The van der Waals surface area contributed by atoms with Gasteiger partial charge in [0.1, 0.15) is 5.69 Å². The zero-order valence-electron chi connectivity index (χ0n) is 14.7. The second-order valence-corrected chi connectivity index (χ2v) is 7.82. The molecule has 0 radical (unpaired) electrons. The highest BCUT2D eigenvalue weighted by atomic mass is 35.5. The van der Waals surface area contributed by atoms with Crippen molar-refractivity contribution in [3.63, 3.8) is 0 Å². The minimum absolute atomic E-state index is 0.105. The number of carbonyl (C=O) groups excluding carboxylic acids is 1. The van der Waals surface area contributed by atoms with Crippen LogP contribution in [0.3, 0.4) is 0 Å². The smallest absolute Gasteiger partial charge is 0.274 e. The summed E-state index contributed by atoms with van der Waals surface area (Å²) in [5.74, 6) is 0.795. The minimum atomic E-state index is -0.105. The number of likely N-dealkylation sites (tertiary alicyclic amines) is 2. The first kappa shape index (κ1) is 17.7. The van der Waals surface area contributed by atoms with Crippen LogP contribution in [-0.4, -0.2) is 74.5 Å². The normalized spacial score (nSPS) is 24.5. The van der Waals surface area contributed by atoms with Gasteiger partial charge in [0.25, 0.3) is 5.91 Å². The molecular formula is C18H24ClN5O2. The average molecular weight is 378 g/mol. The van der Waals surface area contributed by atoms with Crippen LogP contribution in [0.5, 0.6) is 0 Å². The van der Waals surface area contributed by atoms with Gasteiger partial charge in [0.15, 0.2) is 0 Å². The van der Waals surface area contributed by atoms with Crippen molar-refractivity contribution in [1.82, 2.24) is 24.2 Å². The number of piperidine rings is 1. The summed E-state index contributed by atoms with van der Waals surface area (Å²) in [6.07, 6.45) is 8.67. The Labute approximate surface area is 157 Å². The van der Waals surface area contributed by atoms with Crippen molar-refractivity contribution in [3.8, 4) is 0 Å². The number of nitrogens with zero attached hydrogens (tertiary/aromatic N) is 5. The summed E-state index contributed by atoms with van der Waals surface area (Å²) in [6, 6.07) is 0. The molecule has 4 rings (SSSR count). The Morgan fingerprint density at radius 3 is 2.73 bits per heavy atom. The molecule has 0 aliphatic carbocycles. The predicted molar refractivity (Wildman–Crippen MR) is 98.3 cm³/mol. The Kier molecular flexibility index (Phi) is 5.11. The van der Waals surface area contributed by atoms with Crippen LogP contribution in [0.25, 0.3) is 5.78 Å². The summed E-state index contributed by atoms with van der Waals surface area (Å²) in [4.78, 5) is 25.6. The summed E-state index contributed by atoms with van der Waals surface area (Å²) in [6.45, 7) is 4.57. The first-order valence-electron chi connectivity index (χ1n) is 9.27. The van der Waals surface area contributed by atoms with Crippen molar-refractivity contribution in [1.29, 1.82) is 0 Å². The number of aliphatic hydroxyl groups is 1. The summed E-state index contributed by atoms with van der Waals surface area (Å²) in [7, 11) is 0. The molecule has 1 N–H and O–H groups in total. The van der Waals surface area contributed by atoms with Gasteiger partial charge < -0.3 is 14.9 Å². The van der Waals surface area contributed by atoms with Crippen molar-refractivity contribution in [2.24, 2.45) is 11.8 Å².